The first-order valence-electron chi connectivity index (χ1n) is 8.04. The van der Waals surface area contributed by atoms with Crippen LogP contribution in [0.25, 0.3) is 0 Å². The lowest BCUT2D eigenvalue weighted by atomic mass is 10.2. The fraction of sp³-hybridized carbons (Fsp3) is 0.438. The summed E-state index contributed by atoms with van der Waals surface area (Å²) < 4.78 is 64.6. The molecule has 2 aromatic rings. The Morgan fingerprint density at radius 2 is 1.73 bits per heavy atom. The second kappa shape index (κ2) is 9.81. The second-order valence-corrected chi connectivity index (χ2v) is 8.69. The van der Waals surface area contributed by atoms with Gasteiger partial charge in [-0.05, 0) is 38.8 Å². The summed E-state index contributed by atoms with van der Waals surface area (Å²) in [4.78, 5) is -0.178. The highest BCUT2D eigenvalue weighted by Crippen LogP contribution is 2.08. The Morgan fingerprint density at radius 1 is 1.12 bits per heavy atom. The highest BCUT2D eigenvalue weighted by atomic mass is 32.2. The van der Waals surface area contributed by atoms with E-state index in [2.05, 4.69) is 6.92 Å². The van der Waals surface area contributed by atoms with Crippen LogP contribution in [0.4, 0.5) is 0 Å². The molecule has 0 aliphatic rings. The molecule has 1 N–H and O–H groups in total. The van der Waals surface area contributed by atoms with Crippen LogP contribution in [0.3, 0.4) is 0 Å². The van der Waals surface area contributed by atoms with Crippen molar-refractivity contribution in [1.82, 2.24) is 4.57 Å². The molecule has 0 saturated heterocycles. The zero-order valence-corrected chi connectivity index (χ0v) is 16.4. The fourth-order valence-corrected chi connectivity index (χ4v) is 3.08. The molecule has 146 valence electrons. The molecule has 1 aromatic carbocycles. The van der Waals surface area contributed by atoms with Gasteiger partial charge in [0.15, 0.2) is 0 Å². The molecule has 8 nitrogen and oxygen atoms in total. The number of aryl methyl sites for hydroxylation is 3. The zero-order valence-electron chi connectivity index (χ0n) is 14.8. The van der Waals surface area contributed by atoms with E-state index in [1.165, 1.54) is 12.1 Å². The monoisotopic (exact) mass is 404 g/mol. The van der Waals surface area contributed by atoms with Gasteiger partial charge in [-0.25, -0.2) is 17.6 Å². The van der Waals surface area contributed by atoms with Crippen molar-refractivity contribution in [2.45, 2.75) is 44.7 Å². The first-order chi connectivity index (χ1) is 12.0. The summed E-state index contributed by atoms with van der Waals surface area (Å²) in [5, 5.41) is 0. The van der Waals surface area contributed by atoms with Crippen molar-refractivity contribution in [2.24, 2.45) is 0 Å². The predicted octanol–water partition coefficient (Wildman–Crippen LogP) is 1.36. The molecule has 10 heteroatoms. The SMILES string of the molecule is CC[n+]1ccn(CCCCS(=O)(=O)O)c1.Cc1ccc(S(=O)(=O)[O-])cc1. The van der Waals surface area contributed by atoms with Gasteiger partial charge in [0.1, 0.15) is 22.5 Å². The maximum Gasteiger partial charge on any atom is 0.264 e. The Labute approximate surface area is 154 Å². The summed E-state index contributed by atoms with van der Waals surface area (Å²) in [6.07, 6.45) is 7.15. The quantitative estimate of drug-likeness (QED) is 0.423. The van der Waals surface area contributed by atoms with Gasteiger partial charge in [-0.1, -0.05) is 17.7 Å². The van der Waals surface area contributed by atoms with Gasteiger partial charge in [0.25, 0.3) is 10.1 Å². The van der Waals surface area contributed by atoms with Crippen molar-refractivity contribution in [2.75, 3.05) is 5.75 Å². The van der Waals surface area contributed by atoms with Crippen molar-refractivity contribution in [1.29, 1.82) is 0 Å². The lowest BCUT2D eigenvalue weighted by molar-refractivity contribution is -0.693. The van der Waals surface area contributed by atoms with E-state index in [0.29, 0.717) is 6.42 Å². The van der Waals surface area contributed by atoms with Gasteiger partial charge in [-0.15, -0.1) is 0 Å². The number of benzene rings is 1. The first kappa shape index (κ1) is 22.3. The number of aromatic nitrogens is 2. The molecule has 1 aromatic heterocycles. The normalized spacial score (nSPS) is 11.7. The van der Waals surface area contributed by atoms with Crippen LogP contribution < -0.4 is 4.57 Å². The highest BCUT2D eigenvalue weighted by molar-refractivity contribution is 7.86. The van der Waals surface area contributed by atoms with Crippen LogP contribution in [0.1, 0.15) is 25.3 Å². The van der Waals surface area contributed by atoms with Crippen molar-refractivity contribution in [3.63, 3.8) is 0 Å². The summed E-state index contributed by atoms with van der Waals surface area (Å²) in [6.45, 7) is 5.59. The van der Waals surface area contributed by atoms with Crippen molar-refractivity contribution < 1.29 is 30.5 Å². The van der Waals surface area contributed by atoms with Gasteiger partial charge in [0, 0.05) is 0 Å². The smallest absolute Gasteiger partial charge is 0.264 e. The van der Waals surface area contributed by atoms with Crippen LogP contribution in [0.15, 0.2) is 47.9 Å². The molecule has 0 amide bonds. The summed E-state index contributed by atoms with van der Waals surface area (Å²) in [6, 6.07) is 5.78. The Balaban J connectivity index is 0.000000273. The molecule has 0 saturated carbocycles. The number of hydrogen-bond donors (Lipinski definition) is 1. The van der Waals surface area contributed by atoms with E-state index in [-0.39, 0.29) is 10.6 Å². The van der Waals surface area contributed by atoms with Gasteiger partial charge < -0.3 is 4.55 Å². The first-order valence-corrected chi connectivity index (χ1v) is 11.1. The largest absolute Gasteiger partial charge is 0.744 e. The van der Waals surface area contributed by atoms with Crippen molar-refractivity contribution in [3.05, 3.63) is 48.5 Å². The van der Waals surface area contributed by atoms with E-state index >= 15 is 0 Å². The van der Waals surface area contributed by atoms with Crippen LogP contribution in [-0.2, 0) is 33.3 Å². The van der Waals surface area contributed by atoms with E-state index in [0.717, 1.165) is 25.1 Å². The van der Waals surface area contributed by atoms with E-state index in [1.807, 2.05) is 34.8 Å². The molecule has 26 heavy (non-hydrogen) atoms. The summed E-state index contributed by atoms with van der Waals surface area (Å²) >= 11 is 0. The van der Waals surface area contributed by atoms with Crippen LogP contribution >= 0.6 is 0 Å². The molecule has 0 aliphatic carbocycles. The molecule has 0 spiro atoms. The number of unbranched alkanes of at least 4 members (excludes halogenated alkanes) is 1. The Kier molecular flexibility index (Phi) is 8.41. The average Bonchev–Trinajstić information content (AvgIpc) is 2.99. The Hall–Kier alpha value is -1.75. The molecule has 2 rings (SSSR count). The number of rotatable bonds is 7. The van der Waals surface area contributed by atoms with Crippen LogP contribution in [0.5, 0.6) is 0 Å². The number of imidazole rings is 1. The zero-order chi connectivity index (χ0) is 19.8. The maximum absolute atomic E-state index is 10.4. The van der Waals surface area contributed by atoms with Gasteiger partial charge in [0.2, 0.25) is 6.33 Å². The van der Waals surface area contributed by atoms with E-state index < -0.39 is 20.2 Å². The topological polar surface area (TPSA) is 120 Å². The average molecular weight is 405 g/mol. The van der Waals surface area contributed by atoms with Crippen molar-refractivity contribution in [3.8, 4) is 0 Å². The van der Waals surface area contributed by atoms with Gasteiger partial charge in [-0.3, -0.25) is 4.55 Å². The number of nitrogens with zero attached hydrogens (tertiary/aromatic N) is 2. The van der Waals surface area contributed by atoms with Crippen molar-refractivity contribution >= 4 is 20.2 Å². The van der Waals surface area contributed by atoms with Crippen LogP contribution in [0, 0.1) is 6.92 Å². The predicted molar refractivity (Wildman–Crippen MR) is 95.1 cm³/mol. The van der Waals surface area contributed by atoms with E-state index in [1.54, 1.807) is 12.1 Å². The lowest BCUT2D eigenvalue weighted by Gasteiger charge is -2.05. The Bertz CT molecular complexity index is 887. The highest BCUT2D eigenvalue weighted by Gasteiger charge is 2.05. The van der Waals surface area contributed by atoms with Crippen LogP contribution in [0.2, 0.25) is 0 Å². The molecule has 0 bridgehead atoms. The summed E-state index contributed by atoms with van der Waals surface area (Å²) in [7, 11) is -8.06. The van der Waals surface area contributed by atoms with Gasteiger partial charge in [0.05, 0.1) is 23.7 Å². The molecule has 0 fully saturated rings. The molecule has 1 heterocycles. The van der Waals surface area contributed by atoms with E-state index in [9.17, 15) is 21.4 Å². The molecular formula is C16H24N2O6S2. The Morgan fingerprint density at radius 3 is 2.19 bits per heavy atom. The minimum absolute atomic E-state index is 0.151. The standard InChI is InChI=1S/C9H16N2O3S.C7H8O3S/c1-2-10-6-7-11(9-10)5-3-4-8-15(12,13)14;1-6-2-4-7(5-3-6)11(8,9)10/h6-7,9H,2-5,8H2,1H3;2-5H,1H3,(H,8,9,10). The molecule has 0 unspecified atom stereocenters. The third kappa shape index (κ3) is 9.09. The molecule has 0 radical (unpaired) electrons. The lowest BCUT2D eigenvalue weighted by Crippen LogP contribution is -2.28. The third-order valence-electron chi connectivity index (χ3n) is 3.49. The maximum atomic E-state index is 10.4. The minimum Gasteiger partial charge on any atom is -0.744 e. The fourth-order valence-electron chi connectivity index (χ4n) is 2.04. The van der Waals surface area contributed by atoms with Gasteiger partial charge >= 0.3 is 0 Å². The third-order valence-corrected chi connectivity index (χ3v) is 5.14. The summed E-state index contributed by atoms with van der Waals surface area (Å²) in [5.74, 6) is -0.151. The minimum atomic E-state index is -4.27. The molecular weight excluding hydrogens is 380 g/mol. The molecule has 0 atom stereocenters. The van der Waals surface area contributed by atoms with Crippen LogP contribution in [-0.4, -0.2) is 36.3 Å². The number of hydrogen-bond acceptors (Lipinski definition) is 5. The summed E-state index contributed by atoms with van der Waals surface area (Å²) in [5.41, 5.74) is 0.928. The van der Waals surface area contributed by atoms with Gasteiger partial charge in [-0.2, -0.15) is 8.42 Å². The second-order valence-electron chi connectivity index (χ2n) is 5.74. The van der Waals surface area contributed by atoms with E-state index in [4.69, 9.17) is 4.55 Å². The molecule has 0 aliphatic heterocycles.